The number of halogens is 1. The molecule has 3 aliphatic heterocycles. The third-order valence-corrected chi connectivity index (χ3v) is 7.93. The highest BCUT2D eigenvalue weighted by Gasteiger charge is 2.41. The third-order valence-electron chi connectivity index (χ3n) is 7.93. The molecular weight excluding hydrogens is 463 g/mol. The van der Waals surface area contributed by atoms with Gasteiger partial charge in [0.2, 0.25) is 11.8 Å². The lowest BCUT2D eigenvalue weighted by Crippen LogP contribution is -2.57. The van der Waals surface area contributed by atoms with Crippen LogP contribution in [0.3, 0.4) is 0 Å². The van der Waals surface area contributed by atoms with Gasteiger partial charge in [0.25, 0.3) is 5.91 Å². The average molecular weight is 493 g/mol. The van der Waals surface area contributed by atoms with Crippen LogP contribution in [0.1, 0.15) is 72.3 Å². The molecule has 1 aliphatic carbocycles. The molecule has 4 heterocycles. The number of ether oxygens (including phenoxy) is 1. The molecule has 2 atom stereocenters. The van der Waals surface area contributed by atoms with Crippen molar-refractivity contribution in [3.05, 3.63) is 59.2 Å². The summed E-state index contributed by atoms with van der Waals surface area (Å²) >= 11 is 0. The number of carbonyl (C=O) groups is 3. The lowest BCUT2D eigenvalue weighted by Gasteiger charge is -2.48. The Hall–Kier alpha value is -3.33. The Morgan fingerprint density at radius 3 is 2.53 bits per heavy atom. The maximum absolute atomic E-state index is 14.1. The van der Waals surface area contributed by atoms with Crippen LogP contribution in [0.25, 0.3) is 0 Å². The van der Waals surface area contributed by atoms with Crippen molar-refractivity contribution < 1.29 is 23.5 Å². The number of hydrogen-bond acceptors (Lipinski definition) is 6. The Labute approximate surface area is 209 Å². The molecule has 3 fully saturated rings. The van der Waals surface area contributed by atoms with Crippen LogP contribution < -0.4 is 4.74 Å². The van der Waals surface area contributed by atoms with Crippen molar-refractivity contribution in [3.63, 3.8) is 0 Å². The molecule has 0 bridgehead atoms. The highest BCUT2D eigenvalue weighted by Crippen LogP contribution is 2.37. The maximum Gasteiger partial charge on any atom is 0.273 e. The highest BCUT2D eigenvalue weighted by molar-refractivity contribution is 6.04. The Bertz CT molecular complexity index is 1200. The molecule has 3 amide bonds. The van der Waals surface area contributed by atoms with E-state index in [1.165, 1.54) is 11.2 Å². The summed E-state index contributed by atoms with van der Waals surface area (Å²) in [5.74, 6) is -0.359. The molecule has 2 aromatic rings. The standard InChI is InChI=1S/C27H29FN4O4/c28-22-13-29-11-10-20(22)18-14-30(15-18)23-4-1-2-5-24(23)36-19-8-9-21-17(12-19)16-31(27(21)35)32-25(33)6-3-7-26(32)34/h8-13,18,23-24H,1-7,14-16H2/t23-,24-/m1/s1. The Morgan fingerprint density at radius 1 is 0.972 bits per heavy atom. The fourth-order valence-electron chi connectivity index (χ4n) is 6.03. The summed E-state index contributed by atoms with van der Waals surface area (Å²) in [6.45, 7) is 1.79. The minimum Gasteiger partial charge on any atom is -0.489 e. The van der Waals surface area contributed by atoms with Gasteiger partial charge in [-0.3, -0.25) is 24.3 Å². The molecule has 0 unspecified atom stereocenters. The fourth-order valence-corrected chi connectivity index (χ4v) is 6.03. The third kappa shape index (κ3) is 4.05. The van der Waals surface area contributed by atoms with Crippen LogP contribution in [0, 0.1) is 5.82 Å². The van der Waals surface area contributed by atoms with Crippen molar-refractivity contribution in [2.45, 2.75) is 69.6 Å². The van der Waals surface area contributed by atoms with Crippen molar-refractivity contribution in [1.82, 2.24) is 19.9 Å². The first-order chi connectivity index (χ1) is 17.5. The molecule has 6 rings (SSSR count). The zero-order valence-electron chi connectivity index (χ0n) is 20.1. The highest BCUT2D eigenvalue weighted by atomic mass is 19.1. The Balaban J connectivity index is 1.14. The molecule has 8 nitrogen and oxygen atoms in total. The van der Waals surface area contributed by atoms with Crippen molar-refractivity contribution >= 4 is 17.7 Å². The molecule has 188 valence electrons. The lowest BCUT2D eigenvalue weighted by molar-refractivity contribution is -0.163. The van der Waals surface area contributed by atoms with Gasteiger partial charge in [0.15, 0.2) is 0 Å². The minimum atomic E-state index is -0.328. The largest absolute Gasteiger partial charge is 0.489 e. The molecular formula is C27H29FN4O4. The summed E-state index contributed by atoms with van der Waals surface area (Å²) in [7, 11) is 0. The average Bonchev–Trinajstić information content (AvgIpc) is 3.15. The predicted octanol–water partition coefficient (Wildman–Crippen LogP) is 3.42. The van der Waals surface area contributed by atoms with E-state index in [0.717, 1.165) is 54.9 Å². The summed E-state index contributed by atoms with van der Waals surface area (Å²) < 4.78 is 20.6. The summed E-state index contributed by atoms with van der Waals surface area (Å²) in [6.07, 6.45) is 8.21. The van der Waals surface area contributed by atoms with Gasteiger partial charge in [0, 0.05) is 49.7 Å². The molecule has 0 radical (unpaired) electrons. The van der Waals surface area contributed by atoms with Crippen LogP contribution in [-0.4, -0.2) is 62.9 Å². The molecule has 2 saturated heterocycles. The number of hydrogen-bond donors (Lipinski definition) is 0. The summed E-state index contributed by atoms with van der Waals surface area (Å²) in [5, 5.41) is 2.29. The van der Waals surface area contributed by atoms with E-state index in [-0.39, 0.29) is 61.0 Å². The number of hydrazine groups is 1. The van der Waals surface area contributed by atoms with E-state index in [1.807, 2.05) is 6.07 Å². The Morgan fingerprint density at radius 2 is 1.75 bits per heavy atom. The number of aromatic nitrogens is 1. The number of fused-ring (bicyclic) bond motifs is 1. The zero-order chi connectivity index (χ0) is 24.8. The van der Waals surface area contributed by atoms with Gasteiger partial charge in [-0.2, -0.15) is 5.01 Å². The van der Waals surface area contributed by atoms with E-state index in [9.17, 15) is 18.8 Å². The van der Waals surface area contributed by atoms with Gasteiger partial charge in [-0.05, 0) is 61.1 Å². The van der Waals surface area contributed by atoms with Crippen LogP contribution in [0.15, 0.2) is 36.7 Å². The first kappa shape index (κ1) is 23.1. The van der Waals surface area contributed by atoms with Crippen molar-refractivity contribution in [1.29, 1.82) is 0 Å². The number of pyridine rings is 1. The minimum absolute atomic E-state index is 0.0125. The van der Waals surface area contributed by atoms with E-state index in [1.54, 1.807) is 24.4 Å². The quantitative estimate of drug-likeness (QED) is 0.595. The second kappa shape index (κ2) is 9.28. The van der Waals surface area contributed by atoms with Crippen LogP contribution >= 0.6 is 0 Å². The summed E-state index contributed by atoms with van der Waals surface area (Å²) in [5.41, 5.74) is 1.99. The number of amides is 3. The summed E-state index contributed by atoms with van der Waals surface area (Å²) in [6, 6.07) is 7.43. The van der Waals surface area contributed by atoms with Gasteiger partial charge < -0.3 is 4.74 Å². The van der Waals surface area contributed by atoms with Gasteiger partial charge in [-0.1, -0.05) is 6.42 Å². The lowest BCUT2D eigenvalue weighted by atomic mass is 9.84. The van der Waals surface area contributed by atoms with E-state index in [0.29, 0.717) is 17.7 Å². The van der Waals surface area contributed by atoms with Crippen LogP contribution in [0.4, 0.5) is 4.39 Å². The van der Waals surface area contributed by atoms with E-state index >= 15 is 0 Å². The number of benzene rings is 1. The molecule has 9 heteroatoms. The number of nitrogens with zero attached hydrogens (tertiary/aromatic N) is 4. The SMILES string of the molecule is O=C1c2ccc(O[C@@H]3CCCC[C@H]3N3CC(c4ccncc4F)C3)cc2CN1N1C(=O)CCCC1=O. The van der Waals surface area contributed by atoms with Gasteiger partial charge in [0.05, 0.1) is 12.7 Å². The van der Waals surface area contributed by atoms with E-state index < -0.39 is 0 Å². The Kier molecular flexibility index (Phi) is 5.95. The van der Waals surface area contributed by atoms with Crippen LogP contribution in [0.2, 0.25) is 0 Å². The first-order valence-electron chi connectivity index (χ1n) is 12.8. The molecule has 0 N–H and O–H groups in total. The monoisotopic (exact) mass is 492 g/mol. The molecule has 1 aromatic heterocycles. The zero-order valence-corrected chi connectivity index (χ0v) is 20.1. The maximum atomic E-state index is 14.1. The van der Waals surface area contributed by atoms with Gasteiger partial charge in [-0.25, -0.2) is 9.40 Å². The molecule has 4 aliphatic rings. The van der Waals surface area contributed by atoms with Crippen molar-refractivity contribution in [3.8, 4) is 5.75 Å². The topological polar surface area (TPSA) is 83.1 Å². The van der Waals surface area contributed by atoms with Gasteiger partial charge in [0.1, 0.15) is 17.7 Å². The second-order valence-electron chi connectivity index (χ2n) is 10.2. The fraction of sp³-hybridized carbons (Fsp3) is 0.481. The first-order valence-corrected chi connectivity index (χ1v) is 12.8. The molecule has 1 aromatic carbocycles. The van der Waals surface area contributed by atoms with Crippen LogP contribution in [0.5, 0.6) is 5.75 Å². The van der Waals surface area contributed by atoms with E-state index in [2.05, 4.69) is 9.88 Å². The summed E-state index contributed by atoms with van der Waals surface area (Å²) in [4.78, 5) is 43.9. The molecule has 1 saturated carbocycles. The van der Waals surface area contributed by atoms with Crippen molar-refractivity contribution in [2.24, 2.45) is 0 Å². The predicted molar refractivity (Wildman–Crippen MR) is 127 cm³/mol. The number of imide groups is 1. The molecule has 36 heavy (non-hydrogen) atoms. The number of likely N-dealkylation sites (tertiary alicyclic amines) is 1. The van der Waals surface area contributed by atoms with Crippen LogP contribution in [-0.2, 0) is 16.1 Å². The van der Waals surface area contributed by atoms with Gasteiger partial charge >= 0.3 is 0 Å². The van der Waals surface area contributed by atoms with Gasteiger partial charge in [-0.15, -0.1) is 0 Å². The normalized spacial score (nSPS) is 25.2. The van der Waals surface area contributed by atoms with E-state index in [4.69, 9.17) is 4.74 Å². The number of rotatable bonds is 5. The number of carbonyl (C=O) groups excluding carboxylic acids is 3. The molecule has 0 spiro atoms. The second-order valence-corrected chi connectivity index (χ2v) is 10.2. The van der Waals surface area contributed by atoms with Crippen molar-refractivity contribution in [2.75, 3.05) is 13.1 Å². The number of piperidine rings is 1. The smallest absolute Gasteiger partial charge is 0.273 e.